The van der Waals surface area contributed by atoms with Crippen molar-refractivity contribution in [1.29, 1.82) is 0 Å². The molecule has 1 saturated heterocycles. The van der Waals surface area contributed by atoms with Crippen LogP contribution in [-0.4, -0.2) is 54.4 Å². The number of nitrogens with zero attached hydrogens (tertiary/aromatic N) is 1. The molecule has 0 radical (unpaired) electrons. The Labute approximate surface area is 150 Å². The lowest BCUT2D eigenvalue weighted by molar-refractivity contribution is -0.149. The summed E-state index contributed by atoms with van der Waals surface area (Å²) in [6.45, 7) is 3.92. The van der Waals surface area contributed by atoms with Gasteiger partial charge in [0.1, 0.15) is 0 Å². The number of carboxylic acids is 1. The van der Waals surface area contributed by atoms with E-state index >= 15 is 0 Å². The van der Waals surface area contributed by atoms with Crippen LogP contribution < -0.4 is 9.47 Å². The van der Waals surface area contributed by atoms with E-state index in [9.17, 15) is 14.0 Å². The average Bonchev–Trinajstić information content (AvgIpc) is 2.96. The minimum atomic E-state index is -2.41. The number of likely N-dealkylation sites (tertiary alicyclic amines) is 1. The van der Waals surface area contributed by atoms with Crippen molar-refractivity contribution in [3.05, 3.63) is 22.7 Å². The summed E-state index contributed by atoms with van der Waals surface area (Å²) >= 11 is 6.21. The number of aliphatic carboxylic acids is 1. The standard InChI is InChI=1S/C17H21ClFNO5/c1-10(2)8-25-14-12(18)6-11(7-13(14)24-3)15(21)20-5-4-17(19,9-20)16(22)23/h6-7,10H,4-5,8-9H2,1-3H3,(H,22,23). The van der Waals surface area contributed by atoms with E-state index < -0.39 is 24.1 Å². The molecule has 2 rings (SSSR count). The lowest BCUT2D eigenvalue weighted by atomic mass is 10.1. The zero-order valence-electron chi connectivity index (χ0n) is 14.3. The molecule has 1 aliphatic heterocycles. The summed E-state index contributed by atoms with van der Waals surface area (Å²) in [5.74, 6) is -1.16. The highest BCUT2D eigenvalue weighted by Gasteiger charge is 2.47. The molecule has 1 aromatic carbocycles. The van der Waals surface area contributed by atoms with Crippen LogP contribution in [0.1, 0.15) is 30.6 Å². The number of halogens is 2. The van der Waals surface area contributed by atoms with Gasteiger partial charge in [0.2, 0.25) is 5.67 Å². The number of hydrogen-bond donors (Lipinski definition) is 1. The fourth-order valence-electron chi connectivity index (χ4n) is 2.54. The number of benzene rings is 1. The smallest absolute Gasteiger partial charge is 0.343 e. The van der Waals surface area contributed by atoms with Crippen molar-refractivity contribution in [2.75, 3.05) is 26.8 Å². The number of amides is 1. The van der Waals surface area contributed by atoms with Gasteiger partial charge >= 0.3 is 5.97 Å². The normalized spacial score (nSPS) is 20.0. The number of carbonyl (C=O) groups excluding carboxylic acids is 1. The first-order valence-corrected chi connectivity index (χ1v) is 8.27. The molecule has 1 heterocycles. The third-order valence-electron chi connectivity index (χ3n) is 3.93. The third-order valence-corrected chi connectivity index (χ3v) is 4.21. The van der Waals surface area contributed by atoms with Crippen LogP contribution in [0.4, 0.5) is 4.39 Å². The molecule has 0 bridgehead atoms. The van der Waals surface area contributed by atoms with Crippen LogP contribution in [0.5, 0.6) is 11.5 Å². The zero-order chi connectivity index (χ0) is 18.8. The van der Waals surface area contributed by atoms with Gasteiger partial charge < -0.3 is 19.5 Å². The first kappa shape index (κ1) is 19.3. The van der Waals surface area contributed by atoms with Crippen molar-refractivity contribution >= 4 is 23.5 Å². The van der Waals surface area contributed by atoms with Crippen LogP contribution in [0.25, 0.3) is 0 Å². The summed E-state index contributed by atoms with van der Waals surface area (Å²) in [7, 11) is 1.43. The Bertz CT molecular complexity index is 681. The summed E-state index contributed by atoms with van der Waals surface area (Å²) in [6, 6.07) is 2.88. The number of ether oxygens (including phenoxy) is 2. The van der Waals surface area contributed by atoms with Crippen molar-refractivity contribution in [3.63, 3.8) is 0 Å². The molecule has 0 aromatic heterocycles. The molecule has 138 valence electrons. The molecule has 1 amide bonds. The summed E-state index contributed by atoms with van der Waals surface area (Å²) in [4.78, 5) is 24.7. The lowest BCUT2D eigenvalue weighted by Gasteiger charge is -2.19. The van der Waals surface area contributed by atoms with E-state index in [0.29, 0.717) is 18.1 Å². The van der Waals surface area contributed by atoms with Crippen LogP contribution in [0.3, 0.4) is 0 Å². The van der Waals surface area contributed by atoms with Crippen molar-refractivity contribution in [2.45, 2.75) is 25.9 Å². The molecular formula is C17H21ClFNO5. The minimum Gasteiger partial charge on any atom is -0.493 e. The summed E-state index contributed by atoms with van der Waals surface area (Å²) < 4.78 is 25.0. The Balaban J connectivity index is 2.24. The highest BCUT2D eigenvalue weighted by atomic mass is 35.5. The number of alkyl halides is 1. The molecule has 25 heavy (non-hydrogen) atoms. The second-order valence-electron chi connectivity index (χ2n) is 6.44. The number of hydrogen-bond acceptors (Lipinski definition) is 4. The Hall–Kier alpha value is -2.02. The quantitative estimate of drug-likeness (QED) is 0.829. The van der Waals surface area contributed by atoms with Crippen LogP contribution in [0.15, 0.2) is 12.1 Å². The number of methoxy groups -OCH3 is 1. The van der Waals surface area contributed by atoms with Crippen molar-refractivity contribution in [1.82, 2.24) is 4.90 Å². The second-order valence-corrected chi connectivity index (χ2v) is 6.85. The predicted molar refractivity (Wildman–Crippen MR) is 90.3 cm³/mol. The van der Waals surface area contributed by atoms with Crippen molar-refractivity contribution < 1.29 is 28.6 Å². The Morgan fingerprint density at radius 1 is 1.44 bits per heavy atom. The van der Waals surface area contributed by atoms with Gasteiger partial charge in [-0.2, -0.15) is 0 Å². The topological polar surface area (TPSA) is 76.1 Å². The van der Waals surface area contributed by atoms with Gasteiger partial charge in [-0.1, -0.05) is 25.4 Å². The number of rotatable bonds is 6. The van der Waals surface area contributed by atoms with E-state index in [0.717, 1.165) is 4.90 Å². The molecule has 1 N–H and O–H groups in total. The van der Waals surface area contributed by atoms with Crippen molar-refractivity contribution in [3.8, 4) is 11.5 Å². The molecule has 1 fully saturated rings. The van der Waals surface area contributed by atoms with Gasteiger partial charge in [-0.3, -0.25) is 4.79 Å². The Morgan fingerprint density at radius 2 is 2.12 bits per heavy atom. The zero-order valence-corrected chi connectivity index (χ0v) is 15.1. The molecule has 1 aromatic rings. The Kier molecular flexibility index (Phi) is 5.77. The molecule has 1 unspecified atom stereocenters. The summed E-state index contributed by atoms with van der Waals surface area (Å²) in [5, 5.41) is 9.14. The fraction of sp³-hybridized carbons (Fsp3) is 0.529. The number of carbonyl (C=O) groups is 2. The lowest BCUT2D eigenvalue weighted by Crippen LogP contribution is -2.38. The molecule has 0 saturated carbocycles. The largest absolute Gasteiger partial charge is 0.493 e. The van der Waals surface area contributed by atoms with Gasteiger partial charge in [0.15, 0.2) is 11.5 Å². The van der Waals surface area contributed by atoms with E-state index in [4.69, 9.17) is 26.2 Å². The van der Waals surface area contributed by atoms with Gasteiger partial charge in [-0.05, 0) is 18.1 Å². The maximum atomic E-state index is 14.2. The van der Waals surface area contributed by atoms with E-state index in [1.54, 1.807) is 0 Å². The summed E-state index contributed by atoms with van der Waals surface area (Å²) in [6.07, 6.45) is -0.242. The SMILES string of the molecule is COc1cc(C(=O)N2CCC(F)(C(=O)O)C2)cc(Cl)c1OCC(C)C. The molecular weight excluding hydrogens is 353 g/mol. The monoisotopic (exact) mass is 373 g/mol. The highest BCUT2D eigenvalue weighted by molar-refractivity contribution is 6.32. The maximum Gasteiger partial charge on any atom is 0.343 e. The van der Waals surface area contributed by atoms with Crippen LogP contribution in [-0.2, 0) is 4.79 Å². The van der Waals surface area contributed by atoms with Gasteiger partial charge in [0.05, 0.1) is 25.3 Å². The molecule has 1 aliphatic rings. The first-order chi connectivity index (χ1) is 11.7. The molecule has 1 atom stereocenters. The van der Waals surface area contributed by atoms with Gasteiger partial charge in [0, 0.05) is 18.5 Å². The van der Waals surface area contributed by atoms with Gasteiger partial charge in [-0.25, -0.2) is 9.18 Å². The average molecular weight is 374 g/mol. The van der Waals surface area contributed by atoms with E-state index in [-0.39, 0.29) is 29.5 Å². The minimum absolute atomic E-state index is 0.0210. The highest BCUT2D eigenvalue weighted by Crippen LogP contribution is 2.37. The molecule has 8 heteroatoms. The number of carboxylic acid groups (broad SMARTS) is 1. The summed E-state index contributed by atoms with van der Waals surface area (Å²) in [5.41, 5.74) is -2.22. The van der Waals surface area contributed by atoms with Crippen LogP contribution in [0, 0.1) is 5.92 Å². The predicted octanol–water partition coefficient (Wildman–Crippen LogP) is 3.02. The van der Waals surface area contributed by atoms with Crippen LogP contribution in [0.2, 0.25) is 5.02 Å². The maximum absolute atomic E-state index is 14.2. The fourth-order valence-corrected chi connectivity index (χ4v) is 2.80. The van der Waals surface area contributed by atoms with Gasteiger partial charge in [0.25, 0.3) is 5.91 Å². The third kappa shape index (κ3) is 4.15. The Morgan fingerprint density at radius 3 is 2.64 bits per heavy atom. The van der Waals surface area contributed by atoms with Crippen molar-refractivity contribution in [2.24, 2.45) is 5.92 Å². The second kappa shape index (κ2) is 7.47. The first-order valence-electron chi connectivity index (χ1n) is 7.90. The van der Waals surface area contributed by atoms with E-state index in [1.807, 2.05) is 13.8 Å². The molecule has 0 aliphatic carbocycles. The molecule has 6 nitrogen and oxygen atoms in total. The van der Waals surface area contributed by atoms with E-state index in [1.165, 1.54) is 19.2 Å². The van der Waals surface area contributed by atoms with Crippen LogP contribution >= 0.6 is 11.6 Å². The van der Waals surface area contributed by atoms with Gasteiger partial charge in [-0.15, -0.1) is 0 Å². The van der Waals surface area contributed by atoms with E-state index in [2.05, 4.69) is 0 Å². The molecule has 0 spiro atoms.